The molecule has 1 aliphatic rings. The summed E-state index contributed by atoms with van der Waals surface area (Å²) >= 11 is 6.03. The first-order valence-corrected chi connectivity index (χ1v) is 7.03. The number of hydrogen-bond donors (Lipinski definition) is 2. The lowest BCUT2D eigenvalue weighted by molar-refractivity contribution is 0.0694. The molecule has 0 unspecified atom stereocenters. The number of carboxylic acids is 1. The van der Waals surface area contributed by atoms with E-state index in [0.717, 1.165) is 0 Å². The number of fused-ring (bicyclic) bond motifs is 1. The Morgan fingerprint density at radius 2 is 2.09 bits per heavy atom. The molecule has 120 valence electrons. The van der Waals surface area contributed by atoms with Crippen molar-refractivity contribution in [2.75, 3.05) is 6.79 Å². The summed E-state index contributed by atoms with van der Waals surface area (Å²) in [4.78, 5) is 23.1. The number of nitrogens with one attached hydrogen (secondary N) is 1. The second-order valence-electron chi connectivity index (χ2n) is 4.86. The summed E-state index contributed by atoms with van der Waals surface area (Å²) in [6.07, 6.45) is 0. The molecule has 3 rings (SSSR count). The predicted molar refractivity (Wildman–Crippen MR) is 79.1 cm³/mol. The van der Waals surface area contributed by atoms with Crippen LogP contribution in [0.4, 0.5) is 0 Å². The number of carboxylic acid groups (broad SMARTS) is 1. The number of carbonyl (C=O) groups is 2. The van der Waals surface area contributed by atoms with Gasteiger partial charge < -0.3 is 24.3 Å². The van der Waals surface area contributed by atoms with E-state index in [4.69, 9.17) is 30.6 Å². The number of carbonyl (C=O) groups excluding carboxylic acids is 1. The summed E-state index contributed by atoms with van der Waals surface area (Å²) in [5.41, 5.74) is 0.376. The highest BCUT2D eigenvalue weighted by Crippen LogP contribution is 2.39. The standard InChI is InChI=1S/C15H12ClNO6/c1-7-10(15(19)20)4-9(23-7)5-17-14(18)8-2-11(16)13-12(3-8)21-6-22-13/h2-4H,5-6H2,1H3,(H,17,18)(H,19,20). The Morgan fingerprint density at radius 3 is 2.78 bits per heavy atom. The third-order valence-electron chi connectivity index (χ3n) is 3.31. The summed E-state index contributed by atoms with van der Waals surface area (Å²) in [6.45, 7) is 1.66. The molecule has 0 saturated heterocycles. The van der Waals surface area contributed by atoms with Crippen molar-refractivity contribution in [2.24, 2.45) is 0 Å². The molecule has 1 aromatic carbocycles. The Labute approximate surface area is 135 Å². The molecule has 0 spiro atoms. The van der Waals surface area contributed by atoms with Crippen LogP contribution in [-0.2, 0) is 6.54 Å². The highest BCUT2D eigenvalue weighted by atomic mass is 35.5. The Kier molecular flexibility index (Phi) is 3.87. The molecule has 2 aromatic rings. The fourth-order valence-electron chi connectivity index (χ4n) is 2.21. The zero-order chi connectivity index (χ0) is 16.6. The molecule has 1 aliphatic heterocycles. The monoisotopic (exact) mass is 337 g/mol. The quantitative estimate of drug-likeness (QED) is 0.889. The number of amides is 1. The smallest absolute Gasteiger partial charge is 0.339 e. The van der Waals surface area contributed by atoms with Gasteiger partial charge in [-0.2, -0.15) is 0 Å². The number of furan rings is 1. The molecule has 23 heavy (non-hydrogen) atoms. The molecule has 0 bridgehead atoms. The summed E-state index contributed by atoms with van der Waals surface area (Å²) in [5, 5.41) is 11.9. The summed E-state index contributed by atoms with van der Waals surface area (Å²) in [6, 6.07) is 4.38. The summed E-state index contributed by atoms with van der Waals surface area (Å²) < 4.78 is 15.7. The first-order valence-electron chi connectivity index (χ1n) is 6.65. The van der Waals surface area contributed by atoms with Gasteiger partial charge in [-0.1, -0.05) is 11.6 Å². The second kappa shape index (κ2) is 5.85. The van der Waals surface area contributed by atoms with Crippen LogP contribution in [0.2, 0.25) is 5.02 Å². The zero-order valence-electron chi connectivity index (χ0n) is 12.0. The van der Waals surface area contributed by atoms with Crippen LogP contribution in [0, 0.1) is 6.92 Å². The van der Waals surface area contributed by atoms with Crippen LogP contribution in [0.3, 0.4) is 0 Å². The van der Waals surface area contributed by atoms with Crippen molar-refractivity contribution < 1.29 is 28.6 Å². The maximum atomic E-state index is 12.2. The van der Waals surface area contributed by atoms with E-state index in [2.05, 4.69) is 5.32 Å². The zero-order valence-corrected chi connectivity index (χ0v) is 12.8. The molecule has 8 heteroatoms. The fraction of sp³-hybridized carbons (Fsp3) is 0.200. The van der Waals surface area contributed by atoms with E-state index in [1.165, 1.54) is 18.2 Å². The van der Waals surface area contributed by atoms with Gasteiger partial charge in [-0.15, -0.1) is 0 Å². The molecule has 0 radical (unpaired) electrons. The van der Waals surface area contributed by atoms with Crippen LogP contribution in [0.25, 0.3) is 0 Å². The van der Waals surface area contributed by atoms with Gasteiger partial charge in [0.1, 0.15) is 17.1 Å². The lowest BCUT2D eigenvalue weighted by Crippen LogP contribution is -2.22. The SMILES string of the molecule is Cc1oc(CNC(=O)c2cc(Cl)c3c(c2)OCO3)cc1C(=O)O. The molecular weight excluding hydrogens is 326 g/mol. The Morgan fingerprint density at radius 1 is 1.30 bits per heavy atom. The van der Waals surface area contributed by atoms with Crippen molar-refractivity contribution in [3.05, 3.63) is 45.9 Å². The Bertz CT molecular complexity index is 798. The molecule has 2 heterocycles. The van der Waals surface area contributed by atoms with Crippen LogP contribution in [0.15, 0.2) is 22.6 Å². The van der Waals surface area contributed by atoms with Crippen LogP contribution < -0.4 is 14.8 Å². The Balaban J connectivity index is 1.72. The van der Waals surface area contributed by atoms with Crippen molar-refractivity contribution >= 4 is 23.5 Å². The number of halogens is 1. The van der Waals surface area contributed by atoms with Crippen molar-refractivity contribution in [3.63, 3.8) is 0 Å². The van der Waals surface area contributed by atoms with Gasteiger partial charge in [0, 0.05) is 5.56 Å². The van der Waals surface area contributed by atoms with E-state index in [0.29, 0.717) is 22.8 Å². The van der Waals surface area contributed by atoms with E-state index in [1.54, 1.807) is 6.92 Å². The van der Waals surface area contributed by atoms with E-state index in [9.17, 15) is 9.59 Å². The molecule has 0 saturated carbocycles. The number of aromatic carboxylic acids is 1. The maximum absolute atomic E-state index is 12.2. The topological polar surface area (TPSA) is 98.0 Å². The first kappa shape index (κ1) is 15.2. The maximum Gasteiger partial charge on any atom is 0.339 e. The molecule has 1 aromatic heterocycles. The second-order valence-corrected chi connectivity index (χ2v) is 5.27. The average Bonchev–Trinajstić information content (AvgIpc) is 3.11. The lowest BCUT2D eigenvalue weighted by atomic mass is 10.2. The van der Waals surface area contributed by atoms with E-state index >= 15 is 0 Å². The van der Waals surface area contributed by atoms with E-state index < -0.39 is 11.9 Å². The molecule has 7 nitrogen and oxygen atoms in total. The minimum Gasteiger partial charge on any atom is -0.478 e. The van der Waals surface area contributed by atoms with E-state index in [-0.39, 0.29) is 29.7 Å². The largest absolute Gasteiger partial charge is 0.478 e. The number of benzene rings is 1. The average molecular weight is 338 g/mol. The predicted octanol–water partition coefficient (Wildman–Crippen LogP) is 2.60. The summed E-state index contributed by atoms with van der Waals surface area (Å²) in [5.74, 6) is -0.0175. The number of ether oxygens (including phenoxy) is 2. The van der Waals surface area contributed by atoms with Gasteiger partial charge in [-0.05, 0) is 25.1 Å². The highest BCUT2D eigenvalue weighted by Gasteiger charge is 2.21. The summed E-state index contributed by atoms with van der Waals surface area (Å²) in [7, 11) is 0. The van der Waals surface area contributed by atoms with Crippen LogP contribution >= 0.6 is 11.6 Å². The minimum absolute atomic E-state index is 0.0546. The number of rotatable bonds is 4. The molecule has 0 aliphatic carbocycles. The fourth-order valence-corrected chi connectivity index (χ4v) is 2.48. The van der Waals surface area contributed by atoms with Gasteiger partial charge >= 0.3 is 5.97 Å². The van der Waals surface area contributed by atoms with Gasteiger partial charge in [0.25, 0.3) is 5.91 Å². The van der Waals surface area contributed by atoms with E-state index in [1.807, 2.05) is 0 Å². The van der Waals surface area contributed by atoms with Crippen LogP contribution in [0.1, 0.15) is 32.2 Å². The normalized spacial score (nSPS) is 12.3. The lowest BCUT2D eigenvalue weighted by Gasteiger charge is -2.06. The third-order valence-corrected chi connectivity index (χ3v) is 3.59. The van der Waals surface area contributed by atoms with Crippen molar-refractivity contribution in [3.8, 4) is 11.5 Å². The van der Waals surface area contributed by atoms with Crippen LogP contribution in [0.5, 0.6) is 11.5 Å². The van der Waals surface area contributed by atoms with Crippen molar-refractivity contribution in [2.45, 2.75) is 13.5 Å². The van der Waals surface area contributed by atoms with Gasteiger partial charge in [0.2, 0.25) is 6.79 Å². The molecule has 0 fully saturated rings. The third kappa shape index (κ3) is 2.95. The molecule has 0 atom stereocenters. The highest BCUT2D eigenvalue weighted by molar-refractivity contribution is 6.32. The Hall–Kier alpha value is -2.67. The molecule has 1 amide bonds. The first-order chi connectivity index (χ1) is 11.0. The number of aryl methyl sites for hydroxylation is 1. The van der Waals surface area contributed by atoms with Gasteiger partial charge in [-0.25, -0.2) is 4.79 Å². The van der Waals surface area contributed by atoms with Crippen molar-refractivity contribution in [1.82, 2.24) is 5.32 Å². The minimum atomic E-state index is -1.08. The van der Waals surface area contributed by atoms with Crippen molar-refractivity contribution in [1.29, 1.82) is 0 Å². The van der Waals surface area contributed by atoms with Gasteiger partial charge in [0.15, 0.2) is 11.5 Å². The van der Waals surface area contributed by atoms with Gasteiger partial charge in [-0.3, -0.25) is 4.79 Å². The van der Waals surface area contributed by atoms with Crippen LogP contribution in [-0.4, -0.2) is 23.8 Å². The van der Waals surface area contributed by atoms with Gasteiger partial charge in [0.05, 0.1) is 11.6 Å². The molecule has 2 N–H and O–H groups in total. The molecular formula is C15H12ClNO6. The number of hydrogen-bond acceptors (Lipinski definition) is 5.